The Hall–Kier alpha value is -0.960. The molecule has 1 aromatic rings. The summed E-state index contributed by atoms with van der Waals surface area (Å²) in [5.41, 5.74) is 3.22. The van der Waals surface area contributed by atoms with E-state index >= 15 is 0 Å². The number of benzene rings is 1. The minimum atomic E-state index is 0.114. The molecule has 0 aliphatic carbocycles. The van der Waals surface area contributed by atoms with Crippen molar-refractivity contribution in [1.82, 2.24) is 0 Å². The zero-order chi connectivity index (χ0) is 12.0. The predicted octanol–water partition coefficient (Wildman–Crippen LogP) is 3.39. The molecule has 2 nitrogen and oxygen atoms in total. The second kappa shape index (κ2) is 6.59. The summed E-state index contributed by atoms with van der Waals surface area (Å²) in [5, 5.41) is 2.96. The van der Waals surface area contributed by atoms with Gasteiger partial charge in [-0.05, 0) is 49.5 Å². The van der Waals surface area contributed by atoms with Crippen LogP contribution in [0.25, 0.3) is 0 Å². The van der Waals surface area contributed by atoms with Gasteiger partial charge in [0, 0.05) is 12.1 Å². The average molecular weight is 237 g/mol. The second-order valence-electron chi connectivity index (χ2n) is 3.96. The van der Waals surface area contributed by atoms with E-state index in [0.717, 1.165) is 23.4 Å². The van der Waals surface area contributed by atoms with Crippen molar-refractivity contribution in [2.45, 2.75) is 26.7 Å². The number of thioether (sulfide) groups is 1. The highest BCUT2D eigenvalue weighted by atomic mass is 32.2. The zero-order valence-corrected chi connectivity index (χ0v) is 11.0. The third kappa shape index (κ3) is 4.27. The summed E-state index contributed by atoms with van der Waals surface area (Å²) in [7, 11) is 0. The van der Waals surface area contributed by atoms with Gasteiger partial charge in [0.05, 0.1) is 0 Å². The van der Waals surface area contributed by atoms with E-state index in [0.29, 0.717) is 6.42 Å². The van der Waals surface area contributed by atoms with E-state index in [2.05, 4.69) is 17.6 Å². The predicted molar refractivity (Wildman–Crippen MR) is 72.2 cm³/mol. The van der Waals surface area contributed by atoms with Crippen LogP contribution in [-0.2, 0) is 4.79 Å². The molecule has 0 bridgehead atoms. The lowest BCUT2D eigenvalue weighted by Gasteiger charge is -2.09. The molecule has 1 aromatic carbocycles. The van der Waals surface area contributed by atoms with Crippen LogP contribution < -0.4 is 5.32 Å². The first-order chi connectivity index (χ1) is 7.63. The molecule has 0 atom stereocenters. The molecule has 0 saturated carbocycles. The SMILES string of the molecule is CSCCCC(=O)Nc1cc(C)ccc1C. The van der Waals surface area contributed by atoms with Crippen LogP contribution in [0.15, 0.2) is 18.2 Å². The Kier molecular flexibility index (Phi) is 5.39. The maximum Gasteiger partial charge on any atom is 0.224 e. The Balaban J connectivity index is 2.52. The summed E-state index contributed by atoms with van der Waals surface area (Å²) in [4.78, 5) is 11.6. The molecule has 0 aromatic heterocycles. The van der Waals surface area contributed by atoms with Gasteiger partial charge in [0.15, 0.2) is 0 Å². The molecular weight excluding hydrogens is 218 g/mol. The third-order valence-corrected chi connectivity index (χ3v) is 3.12. The lowest BCUT2D eigenvalue weighted by Crippen LogP contribution is -2.12. The molecule has 0 fully saturated rings. The fourth-order valence-electron chi connectivity index (χ4n) is 1.46. The van der Waals surface area contributed by atoms with Gasteiger partial charge < -0.3 is 5.32 Å². The van der Waals surface area contributed by atoms with Crippen LogP contribution in [0.2, 0.25) is 0 Å². The molecule has 16 heavy (non-hydrogen) atoms. The number of hydrogen-bond donors (Lipinski definition) is 1. The van der Waals surface area contributed by atoms with E-state index < -0.39 is 0 Å². The summed E-state index contributed by atoms with van der Waals surface area (Å²) >= 11 is 1.78. The maximum absolute atomic E-state index is 11.6. The van der Waals surface area contributed by atoms with E-state index in [1.807, 2.05) is 26.0 Å². The van der Waals surface area contributed by atoms with Crippen molar-refractivity contribution in [1.29, 1.82) is 0 Å². The average Bonchev–Trinajstić information content (AvgIpc) is 2.24. The summed E-state index contributed by atoms with van der Waals surface area (Å²) in [6, 6.07) is 6.10. The van der Waals surface area contributed by atoms with Crippen LogP contribution in [0.1, 0.15) is 24.0 Å². The molecule has 0 radical (unpaired) electrons. The van der Waals surface area contributed by atoms with Gasteiger partial charge in [-0.3, -0.25) is 4.79 Å². The highest BCUT2D eigenvalue weighted by molar-refractivity contribution is 7.98. The van der Waals surface area contributed by atoms with Crippen molar-refractivity contribution in [3.63, 3.8) is 0 Å². The molecule has 3 heteroatoms. The van der Waals surface area contributed by atoms with Gasteiger partial charge >= 0.3 is 0 Å². The van der Waals surface area contributed by atoms with Crippen LogP contribution in [0.5, 0.6) is 0 Å². The molecule has 88 valence electrons. The van der Waals surface area contributed by atoms with Crippen molar-refractivity contribution in [3.05, 3.63) is 29.3 Å². The lowest BCUT2D eigenvalue weighted by molar-refractivity contribution is -0.116. The summed E-state index contributed by atoms with van der Waals surface area (Å²) in [5.74, 6) is 1.16. The first kappa shape index (κ1) is 13.1. The third-order valence-electron chi connectivity index (χ3n) is 2.42. The Morgan fingerprint density at radius 1 is 1.38 bits per heavy atom. The highest BCUT2D eigenvalue weighted by Crippen LogP contribution is 2.16. The topological polar surface area (TPSA) is 29.1 Å². The minimum absolute atomic E-state index is 0.114. The van der Waals surface area contributed by atoms with Crippen LogP contribution >= 0.6 is 11.8 Å². The summed E-state index contributed by atoms with van der Waals surface area (Å²) < 4.78 is 0. The number of rotatable bonds is 5. The molecule has 0 saturated heterocycles. The van der Waals surface area contributed by atoms with Crippen LogP contribution in [0.4, 0.5) is 5.69 Å². The quantitative estimate of drug-likeness (QED) is 0.795. The molecule has 1 amide bonds. The normalized spacial score (nSPS) is 10.2. The second-order valence-corrected chi connectivity index (χ2v) is 4.95. The Morgan fingerprint density at radius 2 is 2.12 bits per heavy atom. The fraction of sp³-hybridized carbons (Fsp3) is 0.462. The maximum atomic E-state index is 11.6. The van der Waals surface area contributed by atoms with Crippen molar-refractivity contribution in [2.24, 2.45) is 0 Å². The van der Waals surface area contributed by atoms with E-state index in [4.69, 9.17) is 0 Å². The Bertz CT molecular complexity index is 363. The van der Waals surface area contributed by atoms with E-state index in [9.17, 15) is 4.79 Å². The highest BCUT2D eigenvalue weighted by Gasteiger charge is 2.04. The number of carbonyl (C=O) groups is 1. The lowest BCUT2D eigenvalue weighted by atomic mass is 10.1. The number of amides is 1. The molecule has 1 N–H and O–H groups in total. The van der Waals surface area contributed by atoms with Gasteiger partial charge in [-0.2, -0.15) is 11.8 Å². The smallest absolute Gasteiger partial charge is 0.224 e. The first-order valence-corrected chi connectivity index (χ1v) is 6.89. The molecule has 0 aliphatic heterocycles. The van der Waals surface area contributed by atoms with Gasteiger partial charge in [-0.15, -0.1) is 0 Å². The van der Waals surface area contributed by atoms with Crippen molar-refractivity contribution < 1.29 is 4.79 Å². The first-order valence-electron chi connectivity index (χ1n) is 5.49. The molecule has 0 heterocycles. The van der Waals surface area contributed by atoms with Crippen LogP contribution in [0, 0.1) is 13.8 Å². The number of hydrogen-bond acceptors (Lipinski definition) is 2. The Morgan fingerprint density at radius 3 is 2.81 bits per heavy atom. The number of carbonyl (C=O) groups excluding carboxylic acids is 1. The molecule has 1 rings (SSSR count). The largest absolute Gasteiger partial charge is 0.326 e. The van der Waals surface area contributed by atoms with Gasteiger partial charge in [-0.1, -0.05) is 12.1 Å². The Labute approximate surface area is 102 Å². The summed E-state index contributed by atoms with van der Waals surface area (Å²) in [6.07, 6.45) is 3.61. The van der Waals surface area contributed by atoms with Crippen molar-refractivity contribution in [2.75, 3.05) is 17.3 Å². The van der Waals surface area contributed by atoms with Gasteiger partial charge in [0.1, 0.15) is 0 Å². The molecular formula is C13H19NOS. The van der Waals surface area contributed by atoms with Gasteiger partial charge in [0.2, 0.25) is 5.91 Å². The van der Waals surface area contributed by atoms with Crippen LogP contribution in [-0.4, -0.2) is 17.9 Å². The number of nitrogens with one attached hydrogen (secondary N) is 1. The molecule has 0 aliphatic rings. The van der Waals surface area contributed by atoms with Crippen LogP contribution in [0.3, 0.4) is 0 Å². The minimum Gasteiger partial charge on any atom is -0.326 e. The summed E-state index contributed by atoms with van der Waals surface area (Å²) in [6.45, 7) is 4.04. The standard InChI is InChI=1S/C13H19NOS/c1-10-6-7-11(2)12(9-10)14-13(15)5-4-8-16-3/h6-7,9H,4-5,8H2,1-3H3,(H,14,15). The monoisotopic (exact) mass is 237 g/mol. The van der Waals surface area contributed by atoms with E-state index in [1.165, 1.54) is 5.56 Å². The number of aryl methyl sites for hydroxylation is 2. The van der Waals surface area contributed by atoms with Gasteiger partial charge in [0.25, 0.3) is 0 Å². The van der Waals surface area contributed by atoms with Crippen molar-refractivity contribution >= 4 is 23.4 Å². The zero-order valence-electron chi connectivity index (χ0n) is 10.2. The number of anilines is 1. The molecule has 0 unspecified atom stereocenters. The van der Waals surface area contributed by atoms with Crippen molar-refractivity contribution in [3.8, 4) is 0 Å². The molecule has 0 spiro atoms. The van der Waals surface area contributed by atoms with E-state index in [-0.39, 0.29) is 5.91 Å². The van der Waals surface area contributed by atoms with E-state index in [1.54, 1.807) is 11.8 Å². The van der Waals surface area contributed by atoms with Gasteiger partial charge in [-0.25, -0.2) is 0 Å². The fourth-order valence-corrected chi connectivity index (χ4v) is 1.89.